The molecule has 11 nitrogen and oxygen atoms in total. The number of aliphatic hydroxyl groups excluding tert-OH is 2. The van der Waals surface area contributed by atoms with Gasteiger partial charge in [-0.15, -0.1) is 0 Å². The van der Waals surface area contributed by atoms with Crippen molar-refractivity contribution in [2.24, 2.45) is 0 Å². The number of hydrogen-bond acceptors (Lipinski definition) is 7. The van der Waals surface area contributed by atoms with Crippen LogP contribution in [0.1, 0.15) is 35.6 Å². The summed E-state index contributed by atoms with van der Waals surface area (Å²) in [5, 5.41) is 24.1. The van der Waals surface area contributed by atoms with Gasteiger partial charge < -0.3 is 30.5 Å². The number of aliphatic hydroxyl groups is 2. The predicted molar refractivity (Wildman–Crippen MR) is 164 cm³/mol. The Kier molecular flexibility index (Phi) is 10.9. The molecule has 0 radical (unpaired) electrons. The zero-order valence-corrected chi connectivity index (χ0v) is 25.2. The molecule has 232 valence electrons. The molecule has 3 atom stereocenters. The van der Waals surface area contributed by atoms with Crippen LogP contribution in [0, 0.1) is 6.92 Å². The molecule has 4 N–H and O–H groups in total. The van der Waals surface area contributed by atoms with Gasteiger partial charge in [0.25, 0.3) is 11.8 Å². The Balaban J connectivity index is 1.53. The Hall–Kier alpha value is -4.45. The molecule has 2 unspecified atom stereocenters. The molecule has 1 saturated heterocycles. The SMILES string of the molecule is Cc1ccc(NC(=O)C(C(C)c2ccccc2)N2C(=O)N[C@H](c3ccc(OCC(=O)N(CCO)CCO)cc3)C2=O)c(Cl)c1. The summed E-state index contributed by atoms with van der Waals surface area (Å²) >= 11 is 6.37. The summed E-state index contributed by atoms with van der Waals surface area (Å²) in [5.74, 6) is -1.79. The number of ether oxygens (including phenoxy) is 1. The molecule has 0 aliphatic carbocycles. The first kappa shape index (κ1) is 32.5. The number of urea groups is 1. The second-order valence-corrected chi connectivity index (χ2v) is 10.8. The molecule has 1 fully saturated rings. The van der Waals surface area contributed by atoms with Crippen molar-refractivity contribution in [3.8, 4) is 5.75 Å². The highest BCUT2D eigenvalue weighted by Crippen LogP contribution is 2.32. The number of benzene rings is 3. The number of carbonyl (C=O) groups excluding carboxylic acids is 4. The van der Waals surface area contributed by atoms with Crippen molar-refractivity contribution in [2.75, 3.05) is 38.2 Å². The number of aryl methyl sites for hydroxylation is 1. The van der Waals surface area contributed by atoms with Crippen LogP contribution in [-0.2, 0) is 14.4 Å². The first-order valence-electron chi connectivity index (χ1n) is 14.1. The Morgan fingerprint density at radius 2 is 1.68 bits per heavy atom. The molecule has 0 saturated carbocycles. The van der Waals surface area contributed by atoms with Gasteiger partial charge in [0.1, 0.15) is 17.8 Å². The molecule has 44 heavy (non-hydrogen) atoms. The van der Waals surface area contributed by atoms with Crippen LogP contribution in [0.4, 0.5) is 10.5 Å². The number of anilines is 1. The van der Waals surface area contributed by atoms with Gasteiger partial charge in [-0.05, 0) is 47.9 Å². The predicted octanol–water partition coefficient (Wildman–Crippen LogP) is 3.24. The first-order valence-corrected chi connectivity index (χ1v) is 14.5. The van der Waals surface area contributed by atoms with E-state index in [4.69, 9.17) is 26.6 Å². The fraction of sp³-hybridized carbons (Fsp3) is 0.312. The van der Waals surface area contributed by atoms with E-state index in [0.717, 1.165) is 16.0 Å². The quantitative estimate of drug-likeness (QED) is 0.214. The minimum absolute atomic E-state index is 0.0711. The molecule has 1 heterocycles. The monoisotopic (exact) mass is 622 g/mol. The average molecular weight is 623 g/mol. The summed E-state index contributed by atoms with van der Waals surface area (Å²) in [7, 11) is 0. The Labute approximate surface area is 260 Å². The number of nitrogens with zero attached hydrogens (tertiary/aromatic N) is 2. The normalized spacial score (nSPS) is 15.8. The Morgan fingerprint density at radius 1 is 1.02 bits per heavy atom. The maximum absolute atomic E-state index is 13.8. The number of halogens is 1. The van der Waals surface area contributed by atoms with E-state index in [1.165, 1.54) is 4.90 Å². The molecule has 4 rings (SSSR count). The third-order valence-corrected chi connectivity index (χ3v) is 7.68. The fourth-order valence-corrected chi connectivity index (χ4v) is 5.30. The first-order chi connectivity index (χ1) is 21.1. The lowest BCUT2D eigenvalue weighted by Gasteiger charge is -2.30. The van der Waals surface area contributed by atoms with E-state index < -0.39 is 41.8 Å². The lowest BCUT2D eigenvalue weighted by Crippen LogP contribution is -2.50. The van der Waals surface area contributed by atoms with Gasteiger partial charge in [-0.1, -0.05) is 67.1 Å². The smallest absolute Gasteiger partial charge is 0.325 e. The molecular weight excluding hydrogens is 588 g/mol. The number of hydrogen-bond donors (Lipinski definition) is 4. The summed E-state index contributed by atoms with van der Waals surface area (Å²) in [6, 6.07) is 17.7. The van der Waals surface area contributed by atoms with E-state index in [9.17, 15) is 19.2 Å². The van der Waals surface area contributed by atoms with Gasteiger partial charge in [0.2, 0.25) is 5.91 Å². The van der Waals surface area contributed by atoms with E-state index >= 15 is 0 Å². The van der Waals surface area contributed by atoms with Gasteiger partial charge in [0.15, 0.2) is 6.61 Å². The zero-order valence-electron chi connectivity index (χ0n) is 24.4. The molecule has 0 spiro atoms. The van der Waals surface area contributed by atoms with Crippen LogP contribution < -0.4 is 15.4 Å². The third kappa shape index (κ3) is 7.54. The van der Waals surface area contributed by atoms with Crippen LogP contribution in [-0.4, -0.2) is 82.7 Å². The minimum atomic E-state index is -1.19. The lowest BCUT2D eigenvalue weighted by atomic mass is 9.91. The van der Waals surface area contributed by atoms with E-state index in [1.54, 1.807) is 49.4 Å². The average Bonchev–Trinajstić information content (AvgIpc) is 3.31. The van der Waals surface area contributed by atoms with Crippen LogP contribution in [0.2, 0.25) is 5.02 Å². The van der Waals surface area contributed by atoms with Gasteiger partial charge >= 0.3 is 6.03 Å². The summed E-state index contributed by atoms with van der Waals surface area (Å²) in [4.78, 5) is 55.5. The second-order valence-electron chi connectivity index (χ2n) is 10.4. The minimum Gasteiger partial charge on any atom is -0.484 e. The van der Waals surface area contributed by atoms with Crippen LogP contribution in [0.3, 0.4) is 0 Å². The highest BCUT2D eigenvalue weighted by Gasteiger charge is 2.47. The number of rotatable bonds is 13. The topological polar surface area (TPSA) is 149 Å². The van der Waals surface area contributed by atoms with Crippen LogP contribution in [0.5, 0.6) is 5.75 Å². The maximum atomic E-state index is 13.8. The maximum Gasteiger partial charge on any atom is 0.325 e. The van der Waals surface area contributed by atoms with Crippen molar-refractivity contribution in [3.63, 3.8) is 0 Å². The molecule has 0 aromatic heterocycles. The van der Waals surface area contributed by atoms with Gasteiger partial charge in [-0.2, -0.15) is 0 Å². The molecule has 3 aromatic carbocycles. The van der Waals surface area contributed by atoms with Crippen molar-refractivity contribution in [1.29, 1.82) is 0 Å². The number of amides is 5. The van der Waals surface area contributed by atoms with Crippen LogP contribution in [0.25, 0.3) is 0 Å². The second kappa shape index (κ2) is 14.8. The number of imide groups is 1. The molecule has 5 amide bonds. The largest absolute Gasteiger partial charge is 0.484 e. The van der Waals surface area contributed by atoms with Gasteiger partial charge in [0, 0.05) is 19.0 Å². The number of carbonyl (C=O) groups is 4. The molecule has 3 aromatic rings. The summed E-state index contributed by atoms with van der Waals surface area (Å²) in [5.41, 5.74) is 2.49. The summed E-state index contributed by atoms with van der Waals surface area (Å²) in [6.45, 7) is 2.99. The summed E-state index contributed by atoms with van der Waals surface area (Å²) in [6.07, 6.45) is 0. The van der Waals surface area contributed by atoms with Crippen molar-refractivity contribution in [1.82, 2.24) is 15.1 Å². The van der Waals surface area contributed by atoms with Crippen LogP contribution >= 0.6 is 11.6 Å². The van der Waals surface area contributed by atoms with Gasteiger partial charge in [-0.25, -0.2) is 9.69 Å². The highest BCUT2D eigenvalue weighted by atomic mass is 35.5. The van der Waals surface area contributed by atoms with Crippen molar-refractivity contribution in [2.45, 2.75) is 31.8 Å². The lowest BCUT2D eigenvalue weighted by molar-refractivity contribution is -0.134. The van der Waals surface area contributed by atoms with Gasteiger partial charge in [-0.3, -0.25) is 14.4 Å². The zero-order chi connectivity index (χ0) is 31.8. The molecular formula is C32H35ClN4O7. The number of nitrogens with one attached hydrogen (secondary N) is 2. The van der Waals surface area contributed by atoms with Gasteiger partial charge in [0.05, 0.1) is 23.9 Å². The van der Waals surface area contributed by atoms with E-state index in [0.29, 0.717) is 22.0 Å². The molecule has 1 aliphatic heterocycles. The van der Waals surface area contributed by atoms with E-state index in [-0.39, 0.29) is 32.9 Å². The fourth-order valence-electron chi connectivity index (χ4n) is 5.01. The standard InChI is InChI=1S/C32H35ClN4O7/c1-20-8-13-26(25(33)18-20)34-30(41)29(21(2)22-6-4-3-5-7-22)37-31(42)28(35-32(37)43)23-9-11-24(12-10-23)44-19-27(40)36(14-16-38)15-17-39/h3-13,18,21,28-29,38-39H,14-17,19H2,1-2H3,(H,34,41)(H,35,43)/t21?,28-,29?/m1/s1. The Morgan fingerprint density at radius 3 is 2.30 bits per heavy atom. The van der Waals surface area contributed by atoms with Crippen molar-refractivity contribution >= 4 is 41.0 Å². The molecule has 12 heteroatoms. The third-order valence-electron chi connectivity index (χ3n) is 7.37. The molecule has 0 bridgehead atoms. The van der Waals surface area contributed by atoms with E-state index in [1.807, 2.05) is 37.3 Å². The Bertz CT molecular complexity index is 1480. The highest BCUT2D eigenvalue weighted by molar-refractivity contribution is 6.33. The van der Waals surface area contributed by atoms with Crippen LogP contribution in [0.15, 0.2) is 72.8 Å². The van der Waals surface area contributed by atoms with Crippen molar-refractivity contribution in [3.05, 3.63) is 94.5 Å². The van der Waals surface area contributed by atoms with Crippen molar-refractivity contribution < 1.29 is 34.1 Å². The molecule has 1 aliphatic rings. The summed E-state index contributed by atoms with van der Waals surface area (Å²) < 4.78 is 5.55. The van der Waals surface area contributed by atoms with E-state index in [2.05, 4.69) is 10.6 Å².